The van der Waals surface area contributed by atoms with E-state index in [1.807, 2.05) is 0 Å². The number of nitrogens with one attached hydrogen (secondary N) is 1. The fourth-order valence-corrected chi connectivity index (χ4v) is 6.33. The number of fused-ring (bicyclic) bond motifs is 1. The molecule has 3 aliphatic carbocycles. The summed E-state index contributed by atoms with van der Waals surface area (Å²) in [6, 6.07) is 13.9. The van der Waals surface area contributed by atoms with Crippen molar-refractivity contribution in [2.24, 2.45) is 16.7 Å². The van der Waals surface area contributed by atoms with Crippen LogP contribution in [-0.2, 0) is 11.2 Å². The van der Waals surface area contributed by atoms with Gasteiger partial charge < -0.3 is 15.5 Å². The second-order valence-electron chi connectivity index (χ2n) is 9.63. The number of hydrogen-bond acceptors (Lipinski definition) is 3. The normalized spacial score (nSPS) is 31.9. The summed E-state index contributed by atoms with van der Waals surface area (Å²) >= 11 is 0. The average molecular weight is 392 g/mol. The first kappa shape index (κ1) is 18.5. The Morgan fingerprint density at radius 2 is 1.90 bits per heavy atom. The third-order valence-electron chi connectivity index (χ3n) is 7.89. The molecule has 4 heteroatoms. The standard InChI is InChI=1S/C25H29NO3/c1-16-2-5-18(6-3-16)20-8-10-24(13-19-14-25(19,20)15-24)23(29)26-11-9-17-4-7-21(27)22(28)12-17/h2-7,12,19-20,27-28H,8-11,13-15H2,1H3,(H,26,29). The first-order valence-corrected chi connectivity index (χ1v) is 10.8. The number of amides is 1. The molecule has 5 rings (SSSR count). The van der Waals surface area contributed by atoms with E-state index in [1.54, 1.807) is 12.1 Å². The minimum absolute atomic E-state index is 0.111. The van der Waals surface area contributed by atoms with Gasteiger partial charge in [-0.3, -0.25) is 4.79 Å². The summed E-state index contributed by atoms with van der Waals surface area (Å²) in [5, 5.41) is 22.2. The molecule has 0 aliphatic heterocycles. The molecular weight excluding hydrogens is 362 g/mol. The van der Waals surface area contributed by atoms with Crippen LogP contribution < -0.4 is 5.32 Å². The summed E-state index contributed by atoms with van der Waals surface area (Å²) in [6.07, 6.45) is 6.11. The molecule has 3 saturated carbocycles. The molecule has 4 nitrogen and oxygen atoms in total. The van der Waals surface area contributed by atoms with Gasteiger partial charge in [0, 0.05) is 6.54 Å². The van der Waals surface area contributed by atoms with Crippen molar-refractivity contribution in [3.05, 3.63) is 59.2 Å². The van der Waals surface area contributed by atoms with E-state index in [4.69, 9.17) is 0 Å². The molecule has 152 valence electrons. The predicted molar refractivity (Wildman–Crippen MR) is 112 cm³/mol. The lowest BCUT2D eigenvalue weighted by molar-refractivity contribution is -0.133. The van der Waals surface area contributed by atoms with Crippen molar-refractivity contribution in [1.82, 2.24) is 5.32 Å². The number of aryl methyl sites for hydroxylation is 1. The van der Waals surface area contributed by atoms with Gasteiger partial charge in [-0.1, -0.05) is 35.9 Å². The Morgan fingerprint density at radius 1 is 1.10 bits per heavy atom. The Morgan fingerprint density at radius 3 is 2.66 bits per heavy atom. The van der Waals surface area contributed by atoms with Crippen LogP contribution in [-0.4, -0.2) is 22.7 Å². The molecule has 29 heavy (non-hydrogen) atoms. The number of carbonyl (C=O) groups is 1. The summed E-state index contributed by atoms with van der Waals surface area (Å²) in [7, 11) is 0. The topological polar surface area (TPSA) is 69.6 Å². The van der Waals surface area contributed by atoms with Gasteiger partial charge in [0.25, 0.3) is 0 Å². The maximum atomic E-state index is 13.1. The van der Waals surface area contributed by atoms with Crippen LogP contribution in [0.3, 0.4) is 0 Å². The van der Waals surface area contributed by atoms with E-state index >= 15 is 0 Å². The highest BCUT2D eigenvalue weighted by Gasteiger charge is 2.71. The van der Waals surface area contributed by atoms with Crippen LogP contribution in [0.5, 0.6) is 11.5 Å². The lowest BCUT2D eigenvalue weighted by Gasteiger charge is -2.40. The molecule has 1 amide bonds. The number of aromatic hydroxyl groups is 2. The molecule has 2 aromatic rings. The second-order valence-corrected chi connectivity index (χ2v) is 9.63. The third-order valence-corrected chi connectivity index (χ3v) is 7.89. The molecule has 0 aromatic heterocycles. The highest BCUT2D eigenvalue weighted by Crippen LogP contribution is 2.79. The van der Waals surface area contributed by atoms with Crippen molar-refractivity contribution in [2.45, 2.75) is 51.4 Å². The van der Waals surface area contributed by atoms with E-state index in [0.717, 1.165) is 31.2 Å². The second kappa shape index (κ2) is 6.51. The molecule has 1 spiro atoms. The lowest BCUT2D eigenvalue weighted by Crippen LogP contribution is -2.44. The van der Waals surface area contributed by atoms with Gasteiger partial charge in [0.1, 0.15) is 0 Å². The van der Waals surface area contributed by atoms with Gasteiger partial charge in [-0.05, 0) is 86.0 Å². The van der Waals surface area contributed by atoms with E-state index < -0.39 is 0 Å². The molecule has 2 bridgehead atoms. The zero-order valence-electron chi connectivity index (χ0n) is 16.9. The van der Waals surface area contributed by atoms with Crippen LogP contribution in [0.2, 0.25) is 0 Å². The highest BCUT2D eigenvalue weighted by atomic mass is 16.3. The molecule has 4 atom stereocenters. The number of rotatable bonds is 5. The number of hydrogen-bond donors (Lipinski definition) is 3. The predicted octanol–water partition coefficient (Wildman–Crippen LogP) is 4.43. The quantitative estimate of drug-likeness (QED) is 0.661. The van der Waals surface area contributed by atoms with E-state index in [9.17, 15) is 15.0 Å². The van der Waals surface area contributed by atoms with E-state index in [0.29, 0.717) is 30.2 Å². The SMILES string of the molecule is Cc1ccc(C2CCC3(C(=O)NCCc4ccc(O)c(O)c4)CC4CC42C3)cc1. The van der Waals surface area contributed by atoms with E-state index in [1.165, 1.54) is 23.6 Å². The maximum Gasteiger partial charge on any atom is 0.226 e. The van der Waals surface area contributed by atoms with Gasteiger partial charge in [0.15, 0.2) is 11.5 Å². The van der Waals surface area contributed by atoms with Crippen LogP contribution >= 0.6 is 0 Å². The zero-order chi connectivity index (χ0) is 20.2. The van der Waals surface area contributed by atoms with Crippen molar-refractivity contribution in [3.63, 3.8) is 0 Å². The van der Waals surface area contributed by atoms with Crippen LogP contribution in [0.15, 0.2) is 42.5 Å². The summed E-state index contributed by atoms with van der Waals surface area (Å²) in [4.78, 5) is 13.1. The first-order valence-electron chi connectivity index (χ1n) is 10.8. The van der Waals surface area contributed by atoms with Crippen molar-refractivity contribution >= 4 is 5.91 Å². The van der Waals surface area contributed by atoms with Crippen LogP contribution in [0, 0.1) is 23.7 Å². The zero-order valence-corrected chi connectivity index (χ0v) is 16.9. The minimum Gasteiger partial charge on any atom is -0.504 e. The van der Waals surface area contributed by atoms with Crippen molar-refractivity contribution < 1.29 is 15.0 Å². The number of phenols is 2. The molecule has 3 fully saturated rings. The van der Waals surface area contributed by atoms with Gasteiger partial charge >= 0.3 is 0 Å². The molecule has 0 heterocycles. The Hall–Kier alpha value is -2.49. The number of carbonyl (C=O) groups excluding carboxylic acids is 1. The summed E-state index contributed by atoms with van der Waals surface area (Å²) in [5.41, 5.74) is 3.85. The molecule has 3 aliphatic rings. The Balaban J connectivity index is 1.23. The summed E-state index contributed by atoms with van der Waals surface area (Å²) < 4.78 is 0. The lowest BCUT2D eigenvalue weighted by atomic mass is 9.64. The fourth-order valence-electron chi connectivity index (χ4n) is 6.33. The van der Waals surface area contributed by atoms with Gasteiger partial charge in [-0.25, -0.2) is 0 Å². The van der Waals surface area contributed by atoms with Crippen LogP contribution in [0.25, 0.3) is 0 Å². The van der Waals surface area contributed by atoms with Crippen molar-refractivity contribution in [3.8, 4) is 11.5 Å². The average Bonchev–Trinajstić information content (AvgIpc) is 3.29. The molecular formula is C25H29NO3. The summed E-state index contributed by atoms with van der Waals surface area (Å²) in [5.74, 6) is 1.30. The molecule has 3 N–H and O–H groups in total. The molecule has 2 aromatic carbocycles. The smallest absolute Gasteiger partial charge is 0.226 e. The van der Waals surface area contributed by atoms with Gasteiger partial charge in [0.05, 0.1) is 5.41 Å². The van der Waals surface area contributed by atoms with E-state index in [-0.39, 0.29) is 22.8 Å². The largest absolute Gasteiger partial charge is 0.504 e. The highest BCUT2D eigenvalue weighted by molar-refractivity contribution is 5.84. The maximum absolute atomic E-state index is 13.1. The van der Waals surface area contributed by atoms with E-state index in [2.05, 4.69) is 36.5 Å². The molecule has 0 radical (unpaired) electrons. The number of phenolic OH excluding ortho intramolecular Hbond substituents is 2. The van der Waals surface area contributed by atoms with Crippen LogP contribution in [0.4, 0.5) is 0 Å². The molecule has 0 saturated heterocycles. The minimum atomic E-state index is -0.179. The van der Waals surface area contributed by atoms with Gasteiger partial charge in [0.2, 0.25) is 5.91 Å². The van der Waals surface area contributed by atoms with Crippen molar-refractivity contribution in [1.29, 1.82) is 0 Å². The van der Waals surface area contributed by atoms with Gasteiger partial charge in [-0.2, -0.15) is 0 Å². The monoisotopic (exact) mass is 391 g/mol. The Bertz CT molecular complexity index is 953. The van der Waals surface area contributed by atoms with Gasteiger partial charge in [-0.15, -0.1) is 0 Å². The first-order chi connectivity index (χ1) is 13.9. The third kappa shape index (κ3) is 3.00. The molecule has 4 unspecified atom stereocenters. The fraction of sp³-hybridized carbons (Fsp3) is 0.480. The summed E-state index contributed by atoms with van der Waals surface area (Å²) in [6.45, 7) is 2.69. The van der Waals surface area contributed by atoms with Crippen LogP contribution in [0.1, 0.15) is 54.7 Å². The Labute approximate surface area is 172 Å². The van der Waals surface area contributed by atoms with Crippen molar-refractivity contribution in [2.75, 3.05) is 6.54 Å². The Kier molecular flexibility index (Phi) is 4.16. The number of benzene rings is 2.